The lowest BCUT2D eigenvalue weighted by atomic mass is 10.0. The molecule has 0 saturated heterocycles. The standard InChI is InChI=1S/C19H23NO2/c1-5-19(4,22-17-8-6-7-15(3)13-17)18(21)20-16-11-9-14(2)10-12-16/h6-13H,5H2,1-4H3,(H,20,21). The van der Waals surface area contributed by atoms with E-state index in [1.54, 1.807) is 0 Å². The van der Waals surface area contributed by atoms with Crippen LogP contribution in [0.1, 0.15) is 31.4 Å². The predicted molar refractivity (Wildman–Crippen MR) is 90.3 cm³/mol. The van der Waals surface area contributed by atoms with Crippen LogP contribution in [0.4, 0.5) is 5.69 Å². The molecule has 0 aliphatic rings. The second kappa shape index (κ2) is 6.65. The molecule has 0 fully saturated rings. The van der Waals surface area contributed by atoms with Gasteiger partial charge in [0.25, 0.3) is 5.91 Å². The number of aryl methyl sites for hydroxylation is 2. The van der Waals surface area contributed by atoms with Crippen molar-refractivity contribution in [3.8, 4) is 5.75 Å². The molecule has 0 aliphatic carbocycles. The van der Waals surface area contributed by atoms with E-state index in [0.29, 0.717) is 12.2 Å². The van der Waals surface area contributed by atoms with Crippen LogP contribution in [0.15, 0.2) is 48.5 Å². The number of rotatable bonds is 5. The highest BCUT2D eigenvalue weighted by atomic mass is 16.5. The molecule has 0 aromatic heterocycles. The van der Waals surface area contributed by atoms with Crippen LogP contribution in [0.2, 0.25) is 0 Å². The Kier molecular flexibility index (Phi) is 4.86. The maximum Gasteiger partial charge on any atom is 0.268 e. The molecule has 3 heteroatoms. The van der Waals surface area contributed by atoms with Crippen LogP contribution in [0, 0.1) is 13.8 Å². The van der Waals surface area contributed by atoms with Crippen molar-refractivity contribution >= 4 is 11.6 Å². The van der Waals surface area contributed by atoms with Crippen LogP contribution in [0.3, 0.4) is 0 Å². The molecule has 0 saturated carbocycles. The number of carbonyl (C=O) groups is 1. The highest BCUT2D eigenvalue weighted by Gasteiger charge is 2.33. The zero-order chi connectivity index (χ0) is 16.2. The summed E-state index contributed by atoms with van der Waals surface area (Å²) in [6.07, 6.45) is 0.582. The van der Waals surface area contributed by atoms with Gasteiger partial charge in [-0.25, -0.2) is 0 Å². The lowest BCUT2D eigenvalue weighted by Gasteiger charge is -2.28. The summed E-state index contributed by atoms with van der Waals surface area (Å²) in [7, 11) is 0. The number of amides is 1. The van der Waals surface area contributed by atoms with Gasteiger partial charge in [0.2, 0.25) is 0 Å². The number of hydrogen-bond acceptors (Lipinski definition) is 2. The van der Waals surface area contributed by atoms with E-state index >= 15 is 0 Å². The molecule has 3 nitrogen and oxygen atoms in total. The molecule has 2 aromatic carbocycles. The Balaban J connectivity index is 2.14. The number of nitrogens with one attached hydrogen (secondary N) is 1. The summed E-state index contributed by atoms with van der Waals surface area (Å²) in [5.41, 5.74) is 2.14. The van der Waals surface area contributed by atoms with Crippen LogP contribution in [0.5, 0.6) is 5.75 Å². The smallest absolute Gasteiger partial charge is 0.268 e. The molecule has 0 bridgehead atoms. The third-order valence-electron chi connectivity index (χ3n) is 3.80. The fourth-order valence-electron chi connectivity index (χ4n) is 2.12. The molecule has 0 aliphatic heterocycles. The Morgan fingerprint density at radius 2 is 1.77 bits per heavy atom. The highest BCUT2D eigenvalue weighted by molar-refractivity contribution is 5.97. The largest absolute Gasteiger partial charge is 0.478 e. The van der Waals surface area contributed by atoms with Crippen LogP contribution in [-0.4, -0.2) is 11.5 Å². The average molecular weight is 297 g/mol. The Labute approximate surface area is 132 Å². The van der Waals surface area contributed by atoms with Crippen LogP contribution in [0.25, 0.3) is 0 Å². The van der Waals surface area contributed by atoms with E-state index in [1.165, 1.54) is 0 Å². The molecule has 1 amide bonds. The summed E-state index contributed by atoms with van der Waals surface area (Å²) in [4.78, 5) is 12.6. The molecule has 22 heavy (non-hydrogen) atoms. The maximum absolute atomic E-state index is 12.6. The van der Waals surface area contributed by atoms with E-state index < -0.39 is 5.60 Å². The van der Waals surface area contributed by atoms with Gasteiger partial charge in [0.1, 0.15) is 5.75 Å². The molecule has 2 rings (SSSR count). The SMILES string of the molecule is CCC(C)(Oc1cccc(C)c1)C(=O)Nc1ccc(C)cc1. The molecule has 0 heterocycles. The first-order chi connectivity index (χ1) is 10.4. The van der Waals surface area contributed by atoms with Crippen LogP contribution in [-0.2, 0) is 4.79 Å². The minimum Gasteiger partial charge on any atom is -0.478 e. The second-order valence-corrected chi connectivity index (χ2v) is 5.82. The van der Waals surface area contributed by atoms with E-state index in [-0.39, 0.29) is 5.91 Å². The van der Waals surface area contributed by atoms with Gasteiger partial charge >= 0.3 is 0 Å². The first-order valence-corrected chi connectivity index (χ1v) is 7.57. The first kappa shape index (κ1) is 16.1. The van der Waals surface area contributed by atoms with Gasteiger partial charge < -0.3 is 10.1 Å². The molecule has 1 atom stereocenters. The molecular formula is C19H23NO2. The molecular weight excluding hydrogens is 274 g/mol. The number of ether oxygens (including phenoxy) is 1. The zero-order valence-electron chi connectivity index (χ0n) is 13.6. The molecule has 2 aromatic rings. The first-order valence-electron chi connectivity index (χ1n) is 7.57. The zero-order valence-corrected chi connectivity index (χ0v) is 13.6. The van der Waals surface area contributed by atoms with Crippen molar-refractivity contribution in [3.63, 3.8) is 0 Å². The van der Waals surface area contributed by atoms with E-state index in [4.69, 9.17) is 4.74 Å². The molecule has 0 radical (unpaired) electrons. The Hall–Kier alpha value is -2.29. The highest BCUT2D eigenvalue weighted by Crippen LogP contribution is 2.24. The number of carbonyl (C=O) groups excluding carboxylic acids is 1. The lowest BCUT2D eigenvalue weighted by Crippen LogP contribution is -2.44. The monoisotopic (exact) mass is 297 g/mol. The van der Waals surface area contributed by atoms with Crippen molar-refractivity contribution in [2.45, 2.75) is 39.7 Å². The lowest BCUT2D eigenvalue weighted by molar-refractivity contribution is -0.130. The van der Waals surface area contributed by atoms with Crippen molar-refractivity contribution in [2.75, 3.05) is 5.32 Å². The summed E-state index contributed by atoms with van der Waals surface area (Å²) in [6, 6.07) is 15.5. The van der Waals surface area contributed by atoms with Crippen LogP contribution < -0.4 is 10.1 Å². The van der Waals surface area contributed by atoms with Gasteiger partial charge in [-0.2, -0.15) is 0 Å². The van der Waals surface area contributed by atoms with Gasteiger partial charge in [-0.05, 0) is 57.0 Å². The minimum atomic E-state index is -0.904. The van der Waals surface area contributed by atoms with Crippen molar-refractivity contribution in [2.24, 2.45) is 0 Å². The summed E-state index contributed by atoms with van der Waals surface area (Å²) in [5, 5.41) is 2.93. The Morgan fingerprint density at radius 1 is 1.09 bits per heavy atom. The normalized spacial score (nSPS) is 13.3. The van der Waals surface area contributed by atoms with E-state index in [0.717, 1.165) is 16.8 Å². The Morgan fingerprint density at radius 3 is 2.36 bits per heavy atom. The van der Waals surface area contributed by atoms with Gasteiger partial charge in [-0.15, -0.1) is 0 Å². The summed E-state index contributed by atoms with van der Waals surface area (Å²) >= 11 is 0. The van der Waals surface area contributed by atoms with Crippen molar-refractivity contribution < 1.29 is 9.53 Å². The minimum absolute atomic E-state index is 0.139. The summed E-state index contributed by atoms with van der Waals surface area (Å²) in [5.74, 6) is 0.573. The molecule has 0 spiro atoms. The van der Waals surface area contributed by atoms with Gasteiger partial charge in [0.05, 0.1) is 0 Å². The van der Waals surface area contributed by atoms with Crippen molar-refractivity contribution in [3.05, 3.63) is 59.7 Å². The van der Waals surface area contributed by atoms with E-state index in [9.17, 15) is 4.79 Å². The van der Waals surface area contributed by atoms with E-state index in [1.807, 2.05) is 76.2 Å². The number of anilines is 1. The van der Waals surface area contributed by atoms with Crippen molar-refractivity contribution in [1.29, 1.82) is 0 Å². The fraction of sp³-hybridized carbons (Fsp3) is 0.316. The predicted octanol–water partition coefficient (Wildman–Crippen LogP) is 4.49. The maximum atomic E-state index is 12.6. The fourth-order valence-corrected chi connectivity index (χ4v) is 2.12. The number of benzene rings is 2. The Bertz CT molecular complexity index is 649. The molecule has 1 unspecified atom stereocenters. The summed E-state index contributed by atoms with van der Waals surface area (Å²) in [6.45, 7) is 7.79. The molecule has 116 valence electrons. The van der Waals surface area contributed by atoms with Gasteiger partial charge in [-0.1, -0.05) is 36.8 Å². The third-order valence-corrected chi connectivity index (χ3v) is 3.80. The third kappa shape index (κ3) is 3.88. The van der Waals surface area contributed by atoms with Gasteiger partial charge in [0.15, 0.2) is 5.60 Å². The van der Waals surface area contributed by atoms with Gasteiger partial charge in [0, 0.05) is 5.69 Å². The quantitative estimate of drug-likeness (QED) is 0.883. The van der Waals surface area contributed by atoms with E-state index in [2.05, 4.69) is 5.32 Å². The van der Waals surface area contributed by atoms with Crippen molar-refractivity contribution in [1.82, 2.24) is 0 Å². The molecule has 1 N–H and O–H groups in total. The van der Waals surface area contributed by atoms with Gasteiger partial charge in [-0.3, -0.25) is 4.79 Å². The topological polar surface area (TPSA) is 38.3 Å². The second-order valence-electron chi connectivity index (χ2n) is 5.82. The summed E-state index contributed by atoms with van der Waals surface area (Å²) < 4.78 is 5.98. The average Bonchev–Trinajstić information content (AvgIpc) is 2.49. The number of hydrogen-bond donors (Lipinski definition) is 1. The van der Waals surface area contributed by atoms with Crippen LogP contribution >= 0.6 is 0 Å².